The highest BCUT2D eigenvalue weighted by Gasteiger charge is 2.36. The first-order valence-electron chi connectivity index (χ1n) is 6.87. The summed E-state index contributed by atoms with van der Waals surface area (Å²) in [4.78, 5) is 0. The van der Waals surface area contributed by atoms with E-state index in [4.69, 9.17) is 10.5 Å². The fourth-order valence-electron chi connectivity index (χ4n) is 2.77. The molecule has 112 valence electrons. The monoisotopic (exact) mass is 287 g/mol. The number of hydrogen-bond donors (Lipinski definition) is 1. The Morgan fingerprint density at radius 3 is 2.55 bits per heavy atom. The Labute approximate surface area is 117 Å². The van der Waals surface area contributed by atoms with Crippen molar-refractivity contribution >= 4 is 0 Å². The van der Waals surface area contributed by atoms with Gasteiger partial charge in [0, 0.05) is 18.9 Å². The van der Waals surface area contributed by atoms with E-state index in [-0.39, 0.29) is 30.6 Å². The molecule has 1 aliphatic rings. The lowest BCUT2D eigenvalue weighted by Gasteiger charge is -2.32. The third-order valence-electron chi connectivity index (χ3n) is 4.05. The molecule has 0 spiro atoms. The van der Waals surface area contributed by atoms with Gasteiger partial charge in [-0.15, -0.1) is 0 Å². The summed E-state index contributed by atoms with van der Waals surface area (Å²) in [6.07, 6.45) is 1.18. The van der Waals surface area contributed by atoms with Crippen LogP contribution in [-0.4, -0.2) is 19.1 Å². The molecule has 20 heavy (non-hydrogen) atoms. The minimum atomic E-state index is -2.54. The lowest BCUT2D eigenvalue weighted by atomic mass is 9.80. The zero-order chi connectivity index (χ0) is 14.8. The molecule has 1 atom stereocenters. The van der Waals surface area contributed by atoms with Crippen LogP contribution < -0.4 is 10.5 Å². The second-order valence-electron chi connectivity index (χ2n) is 5.53. The van der Waals surface area contributed by atoms with Gasteiger partial charge < -0.3 is 10.5 Å². The molecule has 1 aromatic carbocycles. The van der Waals surface area contributed by atoms with E-state index in [1.54, 1.807) is 12.1 Å². The Kier molecular flexibility index (Phi) is 4.58. The maximum atomic E-state index is 13.6. The van der Waals surface area contributed by atoms with E-state index in [1.165, 1.54) is 13.2 Å². The molecule has 1 aromatic rings. The largest absolute Gasteiger partial charge is 0.494 e. The quantitative estimate of drug-likeness (QED) is 0.919. The smallest absolute Gasteiger partial charge is 0.248 e. The van der Waals surface area contributed by atoms with Crippen LogP contribution in [0.3, 0.4) is 0 Å². The molecule has 1 aliphatic carbocycles. The van der Waals surface area contributed by atoms with Gasteiger partial charge in [0.15, 0.2) is 11.6 Å². The first-order valence-corrected chi connectivity index (χ1v) is 6.87. The van der Waals surface area contributed by atoms with E-state index in [0.717, 1.165) is 5.56 Å². The van der Waals surface area contributed by atoms with E-state index in [1.807, 2.05) is 0 Å². The van der Waals surface area contributed by atoms with Crippen molar-refractivity contribution in [1.29, 1.82) is 0 Å². The van der Waals surface area contributed by atoms with E-state index in [9.17, 15) is 13.2 Å². The molecular weight excluding hydrogens is 267 g/mol. The molecule has 0 aromatic heterocycles. The predicted octanol–water partition coefficient (Wildman–Crippen LogP) is 3.53. The first-order chi connectivity index (χ1) is 9.41. The van der Waals surface area contributed by atoms with Crippen LogP contribution in [0.25, 0.3) is 0 Å². The van der Waals surface area contributed by atoms with Crippen LogP contribution in [0.15, 0.2) is 18.2 Å². The standard InChI is InChI=1S/C15H20F3NO/c1-20-14-3-2-10(8-12(14)16)9-13(19)11-4-6-15(17,18)7-5-11/h2-3,8,11,13H,4-7,9,19H2,1H3. The van der Waals surface area contributed by atoms with Crippen LogP contribution in [0, 0.1) is 11.7 Å². The number of rotatable bonds is 4. The molecule has 0 heterocycles. The fourth-order valence-corrected chi connectivity index (χ4v) is 2.77. The minimum Gasteiger partial charge on any atom is -0.494 e. The van der Waals surface area contributed by atoms with Crippen LogP contribution in [-0.2, 0) is 6.42 Å². The van der Waals surface area contributed by atoms with Crippen LogP contribution in [0.4, 0.5) is 13.2 Å². The highest BCUT2D eigenvalue weighted by molar-refractivity contribution is 5.29. The summed E-state index contributed by atoms with van der Waals surface area (Å²) in [6, 6.07) is 4.51. The Balaban J connectivity index is 1.94. The molecule has 0 bridgehead atoms. The van der Waals surface area contributed by atoms with Gasteiger partial charge >= 0.3 is 0 Å². The van der Waals surface area contributed by atoms with Crippen molar-refractivity contribution in [2.45, 2.75) is 44.1 Å². The number of hydrogen-bond acceptors (Lipinski definition) is 2. The topological polar surface area (TPSA) is 35.2 Å². The van der Waals surface area contributed by atoms with Crippen molar-refractivity contribution < 1.29 is 17.9 Å². The van der Waals surface area contributed by atoms with Crippen molar-refractivity contribution in [2.75, 3.05) is 7.11 Å². The highest BCUT2D eigenvalue weighted by atomic mass is 19.3. The predicted molar refractivity (Wildman–Crippen MR) is 71.5 cm³/mol. The molecule has 0 amide bonds. The van der Waals surface area contributed by atoms with E-state index >= 15 is 0 Å². The third kappa shape index (κ3) is 3.66. The number of methoxy groups -OCH3 is 1. The Hall–Kier alpha value is -1.23. The summed E-state index contributed by atoms with van der Waals surface area (Å²) in [5.41, 5.74) is 6.86. The van der Waals surface area contributed by atoms with Gasteiger partial charge in [-0.2, -0.15) is 0 Å². The van der Waals surface area contributed by atoms with Crippen molar-refractivity contribution in [3.05, 3.63) is 29.6 Å². The normalized spacial score (nSPS) is 20.6. The molecule has 1 saturated carbocycles. The Morgan fingerprint density at radius 2 is 2.00 bits per heavy atom. The van der Waals surface area contributed by atoms with E-state index < -0.39 is 11.7 Å². The second-order valence-corrected chi connectivity index (χ2v) is 5.53. The average molecular weight is 287 g/mol. The number of halogens is 3. The molecule has 2 rings (SSSR count). The van der Waals surface area contributed by atoms with E-state index in [0.29, 0.717) is 19.3 Å². The minimum absolute atomic E-state index is 0.0831. The zero-order valence-electron chi connectivity index (χ0n) is 11.5. The molecular formula is C15H20F3NO. The Morgan fingerprint density at radius 1 is 1.35 bits per heavy atom. The molecule has 1 fully saturated rings. The van der Waals surface area contributed by atoms with Crippen LogP contribution in [0.1, 0.15) is 31.2 Å². The van der Waals surface area contributed by atoms with Gasteiger partial charge in [-0.3, -0.25) is 0 Å². The summed E-state index contributed by atoms with van der Waals surface area (Å²) >= 11 is 0. The molecule has 5 heteroatoms. The van der Waals surface area contributed by atoms with Gasteiger partial charge in [0.05, 0.1) is 7.11 Å². The maximum absolute atomic E-state index is 13.6. The molecule has 0 aliphatic heterocycles. The van der Waals surface area contributed by atoms with Gasteiger partial charge in [-0.25, -0.2) is 13.2 Å². The number of benzene rings is 1. The molecule has 0 radical (unpaired) electrons. The zero-order valence-corrected chi connectivity index (χ0v) is 11.5. The van der Waals surface area contributed by atoms with Crippen molar-refractivity contribution in [3.8, 4) is 5.75 Å². The van der Waals surface area contributed by atoms with Gasteiger partial charge in [-0.05, 0) is 42.9 Å². The molecule has 2 nitrogen and oxygen atoms in total. The summed E-state index contributed by atoms with van der Waals surface area (Å²) in [6.45, 7) is 0. The fraction of sp³-hybridized carbons (Fsp3) is 0.600. The maximum Gasteiger partial charge on any atom is 0.248 e. The highest BCUT2D eigenvalue weighted by Crippen LogP contribution is 2.37. The summed E-state index contributed by atoms with van der Waals surface area (Å²) in [5.74, 6) is -2.69. The van der Waals surface area contributed by atoms with Crippen LogP contribution >= 0.6 is 0 Å². The van der Waals surface area contributed by atoms with Crippen molar-refractivity contribution in [2.24, 2.45) is 11.7 Å². The number of ether oxygens (including phenoxy) is 1. The lowest BCUT2D eigenvalue weighted by Crippen LogP contribution is -2.37. The van der Waals surface area contributed by atoms with E-state index in [2.05, 4.69) is 0 Å². The summed E-state index contributed by atoms with van der Waals surface area (Å²) in [7, 11) is 1.41. The average Bonchev–Trinajstić information content (AvgIpc) is 2.38. The van der Waals surface area contributed by atoms with Gasteiger partial charge in [-0.1, -0.05) is 6.07 Å². The molecule has 2 N–H and O–H groups in total. The van der Waals surface area contributed by atoms with Crippen molar-refractivity contribution in [1.82, 2.24) is 0 Å². The Bertz CT molecular complexity index is 454. The third-order valence-corrected chi connectivity index (χ3v) is 4.05. The molecule has 1 unspecified atom stereocenters. The van der Waals surface area contributed by atoms with Gasteiger partial charge in [0.25, 0.3) is 0 Å². The molecule has 0 saturated heterocycles. The SMILES string of the molecule is COc1ccc(CC(N)C2CCC(F)(F)CC2)cc1F. The lowest BCUT2D eigenvalue weighted by molar-refractivity contribution is -0.0481. The van der Waals surface area contributed by atoms with Gasteiger partial charge in [0.2, 0.25) is 5.92 Å². The van der Waals surface area contributed by atoms with Gasteiger partial charge in [0.1, 0.15) is 0 Å². The summed E-state index contributed by atoms with van der Waals surface area (Å²) < 4.78 is 44.6. The number of alkyl halides is 2. The van der Waals surface area contributed by atoms with Crippen LogP contribution in [0.2, 0.25) is 0 Å². The first kappa shape index (κ1) is 15.2. The van der Waals surface area contributed by atoms with Crippen molar-refractivity contribution in [3.63, 3.8) is 0 Å². The summed E-state index contributed by atoms with van der Waals surface area (Å²) in [5, 5.41) is 0. The second kappa shape index (κ2) is 6.04. The number of nitrogens with two attached hydrogens (primary N) is 1. The van der Waals surface area contributed by atoms with Crippen LogP contribution in [0.5, 0.6) is 5.75 Å².